The van der Waals surface area contributed by atoms with Crippen molar-refractivity contribution >= 4 is 12.0 Å². The molecule has 4 rings (SSSR count). The molecule has 3 aromatic rings. The Labute approximate surface area is 166 Å². The molecule has 1 heterocycles. The molecule has 0 unspecified atom stereocenters. The van der Waals surface area contributed by atoms with Crippen LogP contribution in [0.5, 0.6) is 0 Å². The third-order valence-corrected chi connectivity index (χ3v) is 5.24. The zero-order valence-electron chi connectivity index (χ0n) is 15.7. The number of benzene rings is 2. The van der Waals surface area contributed by atoms with Crippen molar-refractivity contribution in [3.05, 3.63) is 94.3 Å². The zero-order valence-corrected chi connectivity index (χ0v) is 15.7. The Hall–Kier alpha value is -3.32. The van der Waals surface area contributed by atoms with Crippen LogP contribution in [0.15, 0.2) is 54.6 Å². The van der Waals surface area contributed by atoms with Gasteiger partial charge in [0.1, 0.15) is 18.4 Å². The molecular weight excluding hydrogens is 376 g/mol. The summed E-state index contributed by atoms with van der Waals surface area (Å²) in [6, 6.07) is 12.4. The lowest BCUT2D eigenvalue weighted by molar-refractivity contribution is 0.0985. The van der Waals surface area contributed by atoms with Crippen molar-refractivity contribution in [3.8, 4) is 0 Å². The lowest BCUT2D eigenvalue weighted by atomic mass is 9.68. The Morgan fingerprint density at radius 1 is 1.17 bits per heavy atom. The number of methoxy groups -OCH3 is 1. The first kappa shape index (κ1) is 19.0. The largest absolute Gasteiger partial charge is 0.364 e. The number of nitrogens with zero attached hydrogens (tertiary/aromatic N) is 2. The van der Waals surface area contributed by atoms with Gasteiger partial charge in [0.05, 0.1) is 5.69 Å². The third kappa shape index (κ3) is 3.23. The quantitative estimate of drug-likeness (QED) is 0.720. The molecule has 0 saturated heterocycles. The number of hydrogen-bond donors (Lipinski definition) is 1. The van der Waals surface area contributed by atoms with E-state index in [9.17, 15) is 13.6 Å². The van der Waals surface area contributed by atoms with Crippen LogP contribution < -0.4 is 5.73 Å². The predicted molar refractivity (Wildman–Crippen MR) is 104 cm³/mol. The van der Waals surface area contributed by atoms with Gasteiger partial charge in [-0.3, -0.25) is 4.79 Å². The second-order valence-corrected chi connectivity index (χ2v) is 6.99. The van der Waals surface area contributed by atoms with Crippen LogP contribution in [0, 0.1) is 11.6 Å². The number of fused-ring (bicyclic) bond motifs is 1. The lowest BCUT2D eigenvalue weighted by Gasteiger charge is -2.35. The smallest absolute Gasteiger partial charge is 0.269 e. The van der Waals surface area contributed by atoms with Crippen LogP contribution in [0.2, 0.25) is 0 Å². The number of carbonyl (C=O) groups excluding carboxylic acids is 1. The van der Waals surface area contributed by atoms with Crippen molar-refractivity contribution in [1.29, 1.82) is 0 Å². The summed E-state index contributed by atoms with van der Waals surface area (Å²) in [5, 5.41) is 4.29. The Bertz CT molecular complexity index is 1080. The summed E-state index contributed by atoms with van der Waals surface area (Å²) in [5.74, 6) is -1.42. The summed E-state index contributed by atoms with van der Waals surface area (Å²) in [4.78, 5) is 11.9. The first-order valence-corrected chi connectivity index (χ1v) is 9.04. The highest BCUT2D eigenvalue weighted by Crippen LogP contribution is 2.42. The van der Waals surface area contributed by atoms with Crippen LogP contribution in [0.1, 0.15) is 32.9 Å². The highest BCUT2D eigenvalue weighted by Gasteiger charge is 2.38. The van der Waals surface area contributed by atoms with Crippen molar-refractivity contribution in [2.75, 3.05) is 7.11 Å². The first-order chi connectivity index (χ1) is 13.9. The molecular formula is C22H19F2N3O2. The number of aromatic nitrogens is 2. The number of hydrogen-bond acceptors (Lipinski definition) is 3. The molecule has 0 fully saturated rings. The Balaban J connectivity index is 1.96. The number of nitrogens with two attached hydrogens (primary N) is 1. The van der Waals surface area contributed by atoms with Crippen LogP contribution in [-0.2, 0) is 23.3 Å². The molecule has 1 aromatic heterocycles. The average Bonchev–Trinajstić information content (AvgIpc) is 3.06. The van der Waals surface area contributed by atoms with E-state index >= 15 is 0 Å². The van der Waals surface area contributed by atoms with Crippen LogP contribution >= 0.6 is 0 Å². The van der Waals surface area contributed by atoms with Crippen molar-refractivity contribution in [2.24, 2.45) is 5.73 Å². The van der Waals surface area contributed by atoms with Gasteiger partial charge in [-0.05, 0) is 35.4 Å². The fraction of sp³-hybridized carbons (Fsp3) is 0.182. The standard InChI is InChI=1S/C22H19F2N3O2/c1-29-13-27-19-12-22(14-4-2-6-16(23)10-14,15-5-3-7-17(24)11-15)9-8-18(19)20(26-27)21(25)28/h2-11H,12-13H2,1H3,(H2,25,28). The van der Waals surface area contributed by atoms with Gasteiger partial charge < -0.3 is 10.5 Å². The maximum Gasteiger partial charge on any atom is 0.269 e. The zero-order chi connectivity index (χ0) is 20.6. The number of allylic oxidation sites excluding steroid dienone is 1. The molecule has 29 heavy (non-hydrogen) atoms. The molecule has 1 amide bonds. The van der Waals surface area contributed by atoms with Crippen LogP contribution in [-0.4, -0.2) is 22.8 Å². The fourth-order valence-electron chi connectivity index (χ4n) is 3.93. The molecule has 2 N–H and O–H groups in total. The van der Waals surface area contributed by atoms with Gasteiger partial charge in [0.15, 0.2) is 5.69 Å². The highest BCUT2D eigenvalue weighted by molar-refractivity contribution is 5.95. The monoisotopic (exact) mass is 395 g/mol. The molecule has 148 valence electrons. The minimum absolute atomic E-state index is 0.117. The van der Waals surface area contributed by atoms with Crippen LogP contribution in [0.4, 0.5) is 8.78 Å². The highest BCUT2D eigenvalue weighted by atomic mass is 19.1. The normalized spacial score (nSPS) is 14.6. The van der Waals surface area contributed by atoms with E-state index in [-0.39, 0.29) is 24.1 Å². The summed E-state index contributed by atoms with van der Waals surface area (Å²) < 4.78 is 35.0. The SMILES string of the molecule is COCn1nc(C(N)=O)c2c1CC(c1cccc(F)c1)(c1cccc(F)c1)C=C2. The summed E-state index contributed by atoms with van der Waals surface area (Å²) in [7, 11) is 1.52. The van der Waals surface area contributed by atoms with Gasteiger partial charge in [0.2, 0.25) is 0 Å². The van der Waals surface area contributed by atoms with Crippen LogP contribution in [0.25, 0.3) is 6.08 Å². The topological polar surface area (TPSA) is 70.1 Å². The van der Waals surface area contributed by atoms with Crippen molar-refractivity contribution in [3.63, 3.8) is 0 Å². The van der Waals surface area contributed by atoms with Crippen molar-refractivity contribution in [2.45, 2.75) is 18.6 Å². The van der Waals surface area contributed by atoms with E-state index in [4.69, 9.17) is 10.5 Å². The summed E-state index contributed by atoms with van der Waals surface area (Å²) in [6.45, 7) is 0.117. The third-order valence-electron chi connectivity index (χ3n) is 5.24. The molecule has 0 aliphatic heterocycles. The van der Waals surface area contributed by atoms with Gasteiger partial charge in [0, 0.05) is 24.5 Å². The van der Waals surface area contributed by atoms with Gasteiger partial charge in [-0.15, -0.1) is 0 Å². The summed E-state index contributed by atoms with van der Waals surface area (Å²) in [6.07, 6.45) is 3.92. The van der Waals surface area contributed by atoms with E-state index in [1.54, 1.807) is 35.0 Å². The van der Waals surface area contributed by atoms with Gasteiger partial charge in [-0.2, -0.15) is 5.10 Å². The van der Waals surface area contributed by atoms with Crippen molar-refractivity contribution in [1.82, 2.24) is 9.78 Å². The number of rotatable bonds is 5. The molecule has 1 aliphatic carbocycles. The second-order valence-electron chi connectivity index (χ2n) is 6.99. The Kier molecular flexibility index (Phi) is 4.76. The molecule has 1 aliphatic rings. The van der Waals surface area contributed by atoms with Gasteiger partial charge in [-0.25, -0.2) is 13.5 Å². The van der Waals surface area contributed by atoms with Crippen LogP contribution in [0.3, 0.4) is 0 Å². The molecule has 7 heteroatoms. The number of amides is 1. The van der Waals surface area contributed by atoms with E-state index in [1.165, 1.54) is 31.4 Å². The molecule has 0 atom stereocenters. The van der Waals surface area contributed by atoms with Crippen molar-refractivity contribution < 1.29 is 18.3 Å². The minimum Gasteiger partial charge on any atom is -0.364 e. The average molecular weight is 395 g/mol. The fourth-order valence-corrected chi connectivity index (χ4v) is 3.93. The molecule has 0 saturated carbocycles. The number of carbonyl (C=O) groups is 1. The first-order valence-electron chi connectivity index (χ1n) is 9.04. The molecule has 5 nitrogen and oxygen atoms in total. The number of ether oxygens (including phenoxy) is 1. The maximum atomic E-state index is 14.1. The van der Waals surface area contributed by atoms with E-state index in [1.807, 2.05) is 6.08 Å². The second kappa shape index (κ2) is 7.25. The summed E-state index contributed by atoms with van der Waals surface area (Å²) in [5.41, 5.74) is 7.40. The van der Waals surface area contributed by atoms with Gasteiger partial charge >= 0.3 is 0 Å². The lowest BCUT2D eigenvalue weighted by Crippen LogP contribution is -2.32. The maximum absolute atomic E-state index is 14.1. The Morgan fingerprint density at radius 2 is 1.79 bits per heavy atom. The molecule has 0 radical (unpaired) electrons. The van der Waals surface area contributed by atoms with Gasteiger partial charge in [0.25, 0.3) is 5.91 Å². The van der Waals surface area contributed by atoms with E-state index < -0.39 is 11.3 Å². The summed E-state index contributed by atoms with van der Waals surface area (Å²) >= 11 is 0. The van der Waals surface area contributed by atoms with E-state index in [0.717, 1.165) is 0 Å². The molecule has 0 bridgehead atoms. The molecule has 0 spiro atoms. The Morgan fingerprint density at radius 3 is 2.31 bits per heavy atom. The number of halogens is 2. The van der Waals surface area contributed by atoms with Gasteiger partial charge in [-0.1, -0.05) is 36.4 Å². The predicted octanol–water partition coefficient (Wildman–Crippen LogP) is 3.42. The minimum atomic E-state index is -0.850. The van der Waals surface area contributed by atoms with E-state index in [0.29, 0.717) is 28.8 Å². The number of primary amides is 1. The van der Waals surface area contributed by atoms with E-state index in [2.05, 4.69) is 5.10 Å². The molecule has 2 aromatic carbocycles.